The zero-order chi connectivity index (χ0) is 10.6. The molecule has 0 N–H and O–H groups in total. The second kappa shape index (κ2) is 11.1. The van der Waals surface area contributed by atoms with E-state index < -0.39 is 0 Å². The summed E-state index contributed by atoms with van der Waals surface area (Å²) < 4.78 is 5.60. The van der Waals surface area contributed by atoms with Crippen LogP contribution in [0.15, 0.2) is 12.2 Å². The van der Waals surface area contributed by atoms with Gasteiger partial charge in [0.05, 0.1) is 12.7 Å². The van der Waals surface area contributed by atoms with Gasteiger partial charge in [0.25, 0.3) is 0 Å². The van der Waals surface area contributed by atoms with Gasteiger partial charge in [-0.05, 0) is 13.3 Å². The standard InChI is InChI=1S/C12H24OS/c1-3-4-5-6-9-12(2)13-10-7-8-11-14/h7-8,12,14H,3-6,9-11H2,1-2H3. The van der Waals surface area contributed by atoms with E-state index in [1.54, 1.807) is 0 Å². The van der Waals surface area contributed by atoms with Gasteiger partial charge in [-0.15, -0.1) is 0 Å². The highest BCUT2D eigenvalue weighted by Gasteiger charge is 1.99. The average Bonchev–Trinajstić information content (AvgIpc) is 2.19. The Balaban J connectivity index is 3.19. The third-order valence-electron chi connectivity index (χ3n) is 2.21. The molecule has 0 aromatic carbocycles. The minimum atomic E-state index is 0.399. The Morgan fingerprint density at radius 3 is 2.64 bits per heavy atom. The largest absolute Gasteiger partial charge is 0.374 e. The van der Waals surface area contributed by atoms with Crippen LogP contribution in [0.2, 0.25) is 0 Å². The first-order chi connectivity index (χ1) is 6.81. The van der Waals surface area contributed by atoms with Crippen LogP contribution < -0.4 is 0 Å². The molecule has 84 valence electrons. The summed E-state index contributed by atoms with van der Waals surface area (Å²) >= 11 is 4.08. The van der Waals surface area contributed by atoms with Gasteiger partial charge in [-0.3, -0.25) is 0 Å². The van der Waals surface area contributed by atoms with Gasteiger partial charge in [0.1, 0.15) is 0 Å². The molecule has 0 aliphatic carbocycles. The van der Waals surface area contributed by atoms with Crippen LogP contribution >= 0.6 is 12.6 Å². The summed E-state index contributed by atoms with van der Waals surface area (Å²) in [5.41, 5.74) is 0. The number of unbranched alkanes of at least 4 members (excludes halogenated alkanes) is 3. The van der Waals surface area contributed by atoms with E-state index in [9.17, 15) is 0 Å². The lowest BCUT2D eigenvalue weighted by atomic mass is 10.1. The summed E-state index contributed by atoms with van der Waals surface area (Å²) in [6.07, 6.45) is 10.9. The van der Waals surface area contributed by atoms with Gasteiger partial charge in [-0.25, -0.2) is 0 Å². The summed E-state index contributed by atoms with van der Waals surface area (Å²) in [6.45, 7) is 5.12. The Bertz CT molecular complexity index is 134. The lowest BCUT2D eigenvalue weighted by molar-refractivity contribution is 0.0797. The fourth-order valence-corrected chi connectivity index (χ4v) is 1.45. The van der Waals surface area contributed by atoms with E-state index >= 15 is 0 Å². The van der Waals surface area contributed by atoms with Crippen molar-refractivity contribution in [3.63, 3.8) is 0 Å². The van der Waals surface area contributed by atoms with Gasteiger partial charge >= 0.3 is 0 Å². The third-order valence-corrected chi connectivity index (χ3v) is 2.42. The zero-order valence-corrected chi connectivity index (χ0v) is 10.4. The molecule has 0 bridgehead atoms. The summed E-state index contributed by atoms with van der Waals surface area (Å²) in [7, 11) is 0. The smallest absolute Gasteiger partial charge is 0.0651 e. The first kappa shape index (κ1) is 14.1. The van der Waals surface area contributed by atoms with E-state index in [4.69, 9.17) is 4.74 Å². The van der Waals surface area contributed by atoms with E-state index in [1.807, 2.05) is 12.2 Å². The van der Waals surface area contributed by atoms with Gasteiger partial charge in [0, 0.05) is 5.75 Å². The van der Waals surface area contributed by atoms with E-state index in [0.29, 0.717) is 6.10 Å². The van der Waals surface area contributed by atoms with Crippen LogP contribution in [0.4, 0.5) is 0 Å². The van der Waals surface area contributed by atoms with Crippen molar-refractivity contribution in [1.82, 2.24) is 0 Å². The SMILES string of the molecule is CCCCCCC(C)OCC=CCS. The molecule has 0 aromatic heterocycles. The molecule has 0 heterocycles. The molecule has 1 unspecified atom stereocenters. The fourth-order valence-electron chi connectivity index (χ4n) is 1.30. The molecule has 0 radical (unpaired) electrons. The molecule has 0 rings (SSSR count). The van der Waals surface area contributed by atoms with Gasteiger partial charge in [0.2, 0.25) is 0 Å². The molecule has 0 saturated heterocycles. The van der Waals surface area contributed by atoms with E-state index in [2.05, 4.69) is 26.5 Å². The highest BCUT2D eigenvalue weighted by atomic mass is 32.1. The van der Waals surface area contributed by atoms with Crippen LogP contribution in [-0.4, -0.2) is 18.5 Å². The van der Waals surface area contributed by atoms with E-state index in [1.165, 1.54) is 32.1 Å². The zero-order valence-electron chi connectivity index (χ0n) is 9.54. The Morgan fingerprint density at radius 1 is 1.21 bits per heavy atom. The number of thiol groups is 1. The highest BCUT2D eigenvalue weighted by molar-refractivity contribution is 7.80. The number of hydrogen-bond donors (Lipinski definition) is 1. The maximum absolute atomic E-state index is 5.60. The topological polar surface area (TPSA) is 9.23 Å². The third kappa shape index (κ3) is 10.1. The lowest BCUT2D eigenvalue weighted by Crippen LogP contribution is -2.07. The van der Waals surface area contributed by atoms with Gasteiger partial charge in [0.15, 0.2) is 0 Å². The Kier molecular flexibility index (Phi) is 11.2. The first-order valence-electron chi connectivity index (χ1n) is 5.68. The molecule has 0 aliphatic rings. The van der Waals surface area contributed by atoms with Crippen molar-refractivity contribution in [1.29, 1.82) is 0 Å². The van der Waals surface area contributed by atoms with Crippen molar-refractivity contribution >= 4 is 12.6 Å². The number of ether oxygens (including phenoxy) is 1. The molecule has 0 aromatic rings. The monoisotopic (exact) mass is 216 g/mol. The molecular weight excluding hydrogens is 192 g/mol. The second-order valence-corrected chi connectivity index (χ2v) is 4.01. The Morgan fingerprint density at radius 2 is 2.00 bits per heavy atom. The van der Waals surface area contributed by atoms with Crippen LogP contribution in [0.1, 0.15) is 46.0 Å². The summed E-state index contributed by atoms with van der Waals surface area (Å²) in [6, 6.07) is 0. The fraction of sp³-hybridized carbons (Fsp3) is 0.833. The molecule has 14 heavy (non-hydrogen) atoms. The molecule has 1 nitrogen and oxygen atoms in total. The Labute approximate surface area is 94.3 Å². The summed E-state index contributed by atoms with van der Waals surface area (Å²) in [5.74, 6) is 0.800. The quantitative estimate of drug-likeness (QED) is 0.350. The Hall–Kier alpha value is 0.0500. The van der Waals surface area contributed by atoms with Crippen LogP contribution in [0, 0.1) is 0 Å². The molecule has 0 aliphatic heterocycles. The second-order valence-electron chi connectivity index (χ2n) is 3.65. The predicted molar refractivity (Wildman–Crippen MR) is 67.2 cm³/mol. The maximum Gasteiger partial charge on any atom is 0.0651 e. The van der Waals surface area contributed by atoms with Gasteiger partial charge in [-0.1, -0.05) is 44.8 Å². The summed E-state index contributed by atoms with van der Waals surface area (Å²) in [5, 5.41) is 0. The normalized spacial score (nSPS) is 13.6. The molecule has 1 atom stereocenters. The van der Waals surface area contributed by atoms with Crippen LogP contribution in [-0.2, 0) is 4.74 Å². The van der Waals surface area contributed by atoms with E-state index in [-0.39, 0.29) is 0 Å². The number of hydrogen-bond acceptors (Lipinski definition) is 2. The van der Waals surface area contributed by atoms with Crippen molar-refractivity contribution in [2.24, 2.45) is 0 Å². The predicted octanol–water partition coefficient (Wildman–Crippen LogP) is 3.85. The molecule has 0 fully saturated rings. The molecular formula is C12H24OS. The minimum Gasteiger partial charge on any atom is -0.374 e. The molecule has 0 spiro atoms. The minimum absolute atomic E-state index is 0.399. The van der Waals surface area contributed by atoms with Gasteiger partial charge in [-0.2, -0.15) is 12.6 Å². The van der Waals surface area contributed by atoms with E-state index in [0.717, 1.165) is 12.4 Å². The van der Waals surface area contributed by atoms with Crippen LogP contribution in [0.25, 0.3) is 0 Å². The summed E-state index contributed by atoms with van der Waals surface area (Å²) in [4.78, 5) is 0. The van der Waals surface area contributed by atoms with Gasteiger partial charge < -0.3 is 4.74 Å². The van der Waals surface area contributed by atoms with Crippen molar-refractivity contribution in [2.75, 3.05) is 12.4 Å². The molecule has 2 heteroatoms. The van der Waals surface area contributed by atoms with Crippen LogP contribution in [0.5, 0.6) is 0 Å². The van der Waals surface area contributed by atoms with Crippen molar-refractivity contribution < 1.29 is 4.74 Å². The van der Waals surface area contributed by atoms with Crippen molar-refractivity contribution in [2.45, 2.75) is 52.1 Å². The highest BCUT2D eigenvalue weighted by Crippen LogP contribution is 2.07. The molecule has 0 amide bonds. The lowest BCUT2D eigenvalue weighted by Gasteiger charge is -2.10. The van der Waals surface area contributed by atoms with Crippen molar-refractivity contribution in [3.8, 4) is 0 Å². The maximum atomic E-state index is 5.60. The first-order valence-corrected chi connectivity index (χ1v) is 6.32. The average molecular weight is 216 g/mol. The number of rotatable bonds is 9. The molecule has 0 saturated carbocycles. The van der Waals surface area contributed by atoms with Crippen LogP contribution in [0.3, 0.4) is 0 Å². The van der Waals surface area contributed by atoms with Crippen molar-refractivity contribution in [3.05, 3.63) is 12.2 Å².